The molecule has 8 bridgehead atoms. The van der Waals surface area contributed by atoms with Crippen molar-refractivity contribution in [3.05, 3.63) is 182 Å². The second kappa shape index (κ2) is 28.5. The van der Waals surface area contributed by atoms with Gasteiger partial charge in [-0.05, 0) is 221 Å². The number of nitrogens with zero attached hydrogens (tertiary/aromatic N) is 2. The van der Waals surface area contributed by atoms with Gasteiger partial charge in [0, 0.05) is 130 Å². The lowest BCUT2D eigenvalue weighted by atomic mass is 9.87. The molecule has 1 aliphatic rings. The molecule has 0 spiro atoms. The summed E-state index contributed by atoms with van der Waals surface area (Å²) < 4.78 is 101. The maximum atomic E-state index is 6.85. The van der Waals surface area contributed by atoms with Gasteiger partial charge in [-0.25, -0.2) is 9.97 Å². The van der Waals surface area contributed by atoms with Gasteiger partial charge in [0.05, 0.1) is 153 Å². The second-order valence-electron chi connectivity index (χ2n) is 29.8. The van der Waals surface area contributed by atoms with Crippen molar-refractivity contribution in [2.24, 2.45) is 0 Å². The molecule has 19 aromatic rings. The standard InChI is InChI=1S/C100H80N4O16/c1-105-56-17-47(18-57(35-56)106-2)51-27-69(55-25-64(113-9)39-65(26-55)114-10)85-77(32-51)95-92-89-74(41-67(116-12)43-82(89)118-14)71-29-54(50-23-62(111-7)38-63(24-50)112-8)34-79-87(71)99(92)104-97(79)94-91-75(42-68(117-13)45-84(91)120-16)72-30-53(49-21-60(109-5)37-61(22-49)110-6)33-78-88(72)100(94)103-96(78)93-90-73(40-66(115-11)44-83(90)119-15)70-28-52(48-19-58(107-3)36-59(20-48)108-4)31-76-80(46-81(85)102-95)101-98(93)86(70)76/h17-46,101,104H,1-16H3. The molecule has 0 saturated heterocycles. The Balaban J connectivity index is 1.13. The molecule has 0 unspecified atom stereocenters. The number of aromatic amines is 2. The number of fused-ring (bicyclic) bond motifs is 23. The van der Waals surface area contributed by atoms with Gasteiger partial charge in [0.25, 0.3) is 0 Å². The van der Waals surface area contributed by atoms with Crippen LogP contribution in [0, 0.1) is 0 Å². The van der Waals surface area contributed by atoms with E-state index in [2.05, 4.69) is 82.8 Å². The van der Waals surface area contributed by atoms with Crippen molar-refractivity contribution in [2.75, 3.05) is 114 Å². The normalized spacial score (nSPS) is 11.8. The molecule has 5 heterocycles. The van der Waals surface area contributed by atoms with Crippen LogP contribution in [0.4, 0.5) is 0 Å². The molecule has 0 aliphatic carbocycles. The molecular weight excluding hydrogens is 1510 g/mol. The summed E-state index contributed by atoms with van der Waals surface area (Å²) in [5, 5.41) is 14.4. The van der Waals surface area contributed by atoms with E-state index < -0.39 is 0 Å². The lowest BCUT2D eigenvalue weighted by molar-refractivity contribution is 0.394. The van der Waals surface area contributed by atoms with Gasteiger partial charge in [0.2, 0.25) is 0 Å². The molecule has 15 aromatic carbocycles. The molecule has 4 aromatic heterocycles. The molecule has 596 valence electrons. The third-order valence-electron chi connectivity index (χ3n) is 23.9. The summed E-state index contributed by atoms with van der Waals surface area (Å²) in [5.74, 6) is 9.18. The van der Waals surface area contributed by atoms with Gasteiger partial charge < -0.3 is 85.8 Å². The SMILES string of the molecule is COc1cc(OC)cc(-c2cc(-c3cc(OC)cc(OC)c3)c3c(c2)-c2nc-3cc3[nH]c4c5c3cc(-c3cc(OC)cc(OC)c3)cc5c3cc(OC)cc(OC)c3c4c3nc4c5c(cc(-c6cc(OC)cc(OC)c6)cc35)c3cc(OC)cc(OC)c3c4c3[nH]c4c2c2c(OC)cc(OC)cc2c2cc(-c5cc(OC)cc(OC)c5)cc3c24)c1. The smallest absolute Gasteiger partial charge is 0.131 e. The van der Waals surface area contributed by atoms with Crippen LogP contribution in [0.3, 0.4) is 0 Å². The van der Waals surface area contributed by atoms with Crippen LogP contribution in [0.5, 0.6) is 92.0 Å². The lowest BCUT2D eigenvalue weighted by Gasteiger charge is -2.17. The van der Waals surface area contributed by atoms with E-state index in [0.29, 0.717) is 131 Å². The molecule has 20 heteroatoms. The predicted octanol–water partition coefficient (Wildman–Crippen LogP) is 23.1. The first-order valence-electron chi connectivity index (χ1n) is 38.8. The van der Waals surface area contributed by atoms with Crippen LogP contribution in [-0.2, 0) is 0 Å². The number of hydrogen-bond donors (Lipinski definition) is 2. The summed E-state index contributed by atoms with van der Waals surface area (Å²) in [5.41, 5.74) is 15.1. The minimum atomic E-state index is 0.513. The number of methoxy groups -OCH3 is 16. The van der Waals surface area contributed by atoms with Gasteiger partial charge in [0.1, 0.15) is 92.0 Å². The third kappa shape index (κ3) is 11.2. The zero-order valence-corrected chi connectivity index (χ0v) is 68.7. The van der Waals surface area contributed by atoms with E-state index in [1.165, 1.54) is 0 Å². The van der Waals surface area contributed by atoms with E-state index in [-0.39, 0.29) is 0 Å². The Morgan fingerprint density at radius 3 is 0.892 bits per heavy atom. The average molecular weight is 1590 g/mol. The number of benzene rings is 15. The highest BCUT2D eigenvalue weighted by atomic mass is 16.5. The van der Waals surface area contributed by atoms with Gasteiger partial charge in [0.15, 0.2) is 0 Å². The molecule has 0 fully saturated rings. The Labute approximate surface area is 687 Å². The van der Waals surface area contributed by atoms with E-state index in [4.69, 9.17) is 85.8 Å². The van der Waals surface area contributed by atoms with Crippen LogP contribution >= 0.6 is 0 Å². The molecule has 0 radical (unpaired) electrons. The van der Waals surface area contributed by atoms with Crippen LogP contribution in [0.25, 0.3) is 208 Å². The van der Waals surface area contributed by atoms with E-state index >= 15 is 0 Å². The topological polar surface area (TPSA) is 205 Å². The first-order valence-corrected chi connectivity index (χ1v) is 38.8. The Morgan fingerprint density at radius 1 is 0.192 bits per heavy atom. The average Bonchev–Trinajstić information content (AvgIpc) is 1.51. The van der Waals surface area contributed by atoms with Crippen molar-refractivity contribution in [1.82, 2.24) is 19.9 Å². The van der Waals surface area contributed by atoms with Gasteiger partial charge in [-0.15, -0.1) is 0 Å². The van der Waals surface area contributed by atoms with Crippen LogP contribution < -0.4 is 75.8 Å². The second-order valence-corrected chi connectivity index (χ2v) is 29.8. The minimum Gasteiger partial charge on any atom is -0.497 e. The summed E-state index contributed by atoms with van der Waals surface area (Å²) in [7, 11) is 26.7. The number of aromatic nitrogens is 4. The Bertz CT molecular complexity index is 7550. The third-order valence-corrected chi connectivity index (χ3v) is 23.9. The molecule has 120 heavy (non-hydrogen) atoms. The van der Waals surface area contributed by atoms with Crippen molar-refractivity contribution in [3.63, 3.8) is 0 Å². The van der Waals surface area contributed by atoms with Crippen molar-refractivity contribution in [3.8, 4) is 170 Å². The van der Waals surface area contributed by atoms with Crippen molar-refractivity contribution in [2.45, 2.75) is 0 Å². The first kappa shape index (κ1) is 73.9. The number of ether oxygens (including phenoxy) is 16. The molecule has 0 atom stereocenters. The van der Waals surface area contributed by atoms with Gasteiger partial charge >= 0.3 is 0 Å². The van der Waals surface area contributed by atoms with E-state index in [0.717, 1.165) is 169 Å². The predicted molar refractivity (Wildman–Crippen MR) is 477 cm³/mol. The number of rotatable bonds is 21. The Hall–Kier alpha value is -14.9. The van der Waals surface area contributed by atoms with Crippen LogP contribution in [0.15, 0.2) is 182 Å². The van der Waals surface area contributed by atoms with E-state index in [9.17, 15) is 0 Å². The van der Waals surface area contributed by atoms with Crippen molar-refractivity contribution in [1.29, 1.82) is 0 Å². The number of nitrogens with one attached hydrogen (secondary N) is 2. The maximum absolute atomic E-state index is 6.85. The number of H-pyrrole nitrogens is 2. The Morgan fingerprint density at radius 2 is 0.492 bits per heavy atom. The summed E-state index contributed by atoms with van der Waals surface area (Å²) in [6.45, 7) is 0. The Kier molecular flexibility index (Phi) is 17.5. The molecule has 20 rings (SSSR count). The zero-order valence-electron chi connectivity index (χ0n) is 68.7. The molecule has 20 nitrogen and oxygen atoms in total. The molecule has 1 aliphatic heterocycles. The van der Waals surface area contributed by atoms with Gasteiger partial charge in [-0.3, -0.25) is 0 Å². The quantitative estimate of drug-likeness (QED) is 0.0642. The maximum Gasteiger partial charge on any atom is 0.131 e. The van der Waals surface area contributed by atoms with Crippen LogP contribution in [-0.4, -0.2) is 134 Å². The molecular formula is C100H80N4O16. The fourth-order valence-corrected chi connectivity index (χ4v) is 18.4. The summed E-state index contributed by atoms with van der Waals surface area (Å²) >= 11 is 0. The molecule has 0 saturated carbocycles. The van der Waals surface area contributed by atoms with Crippen molar-refractivity contribution >= 4 is 130 Å². The fraction of sp³-hybridized carbons (Fsp3) is 0.160. The van der Waals surface area contributed by atoms with Crippen LogP contribution in [0.1, 0.15) is 0 Å². The van der Waals surface area contributed by atoms with Crippen molar-refractivity contribution < 1.29 is 75.8 Å². The highest BCUT2D eigenvalue weighted by molar-refractivity contribution is 6.44. The zero-order chi connectivity index (χ0) is 82.5. The van der Waals surface area contributed by atoms with Crippen LogP contribution in [0.2, 0.25) is 0 Å². The highest BCUT2D eigenvalue weighted by Crippen LogP contribution is 2.58. The lowest BCUT2D eigenvalue weighted by Crippen LogP contribution is -1.94. The monoisotopic (exact) mass is 1590 g/mol. The highest BCUT2D eigenvalue weighted by Gasteiger charge is 2.33. The summed E-state index contributed by atoms with van der Waals surface area (Å²) in [6, 6.07) is 61.8. The van der Waals surface area contributed by atoms with E-state index in [1.807, 2.05) is 109 Å². The van der Waals surface area contributed by atoms with E-state index in [1.54, 1.807) is 114 Å². The van der Waals surface area contributed by atoms with Gasteiger partial charge in [-0.2, -0.15) is 0 Å². The van der Waals surface area contributed by atoms with Gasteiger partial charge in [-0.1, -0.05) is 0 Å². The number of hydrogen-bond acceptors (Lipinski definition) is 18. The fourth-order valence-electron chi connectivity index (χ4n) is 18.4. The largest absolute Gasteiger partial charge is 0.497 e. The molecule has 2 N–H and O–H groups in total. The first-order chi connectivity index (χ1) is 58.6. The summed E-state index contributed by atoms with van der Waals surface area (Å²) in [6.07, 6.45) is 0. The minimum absolute atomic E-state index is 0.513. The summed E-state index contributed by atoms with van der Waals surface area (Å²) in [4.78, 5) is 21.3. The molecule has 0 amide bonds.